The summed E-state index contributed by atoms with van der Waals surface area (Å²) in [6, 6.07) is 0. The molecule has 0 N–H and O–H groups in total. The topological polar surface area (TPSA) is 43.4 Å². The summed E-state index contributed by atoms with van der Waals surface area (Å²) in [4.78, 5) is 22.8. The van der Waals surface area contributed by atoms with Crippen molar-refractivity contribution < 1.29 is 14.3 Å². The summed E-state index contributed by atoms with van der Waals surface area (Å²) in [7, 11) is 0. The lowest BCUT2D eigenvalue weighted by Gasteiger charge is -2.14. The van der Waals surface area contributed by atoms with E-state index in [-0.39, 0.29) is 17.7 Å². The minimum atomic E-state index is -0.225. The molecule has 0 unspecified atom stereocenters. The fourth-order valence-corrected chi connectivity index (χ4v) is 2.09. The summed E-state index contributed by atoms with van der Waals surface area (Å²) in [5.74, 6) is 0.412. The van der Waals surface area contributed by atoms with E-state index in [1.165, 1.54) is 0 Å². The van der Waals surface area contributed by atoms with Gasteiger partial charge in [0.15, 0.2) is 0 Å². The first-order valence-corrected chi connectivity index (χ1v) is 5.05. The summed E-state index contributed by atoms with van der Waals surface area (Å²) in [6.07, 6.45) is 3.88. The van der Waals surface area contributed by atoms with Crippen LogP contribution in [0, 0.1) is 11.8 Å². The SMILES string of the molecule is C[C@H]1C/C=C2/C(=O)OC[C@@H]2CC(=O)C1. The van der Waals surface area contributed by atoms with E-state index >= 15 is 0 Å². The van der Waals surface area contributed by atoms with Crippen molar-refractivity contribution in [2.45, 2.75) is 26.2 Å². The predicted octanol–water partition coefficient (Wildman–Crippen LogP) is 1.47. The zero-order valence-corrected chi connectivity index (χ0v) is 8.29. The highest BCUT2D eigenvalue weighted by Gasteiger charge is 2.33. The Morgan fingerprint density at radius 1 is 1.36 bits per heavy atom. The van der Waals surface area contributed by atoms with Crippen molar-refractivity contribution >= 4 is 11.8 Å². The molecule has 2 aliphatic rings. The quantitative estimate of drug-likeness (QED) is 0.548. The zero-order valence-electron chi connectivity index (χ0n) is 8.29. The van der Waals surface area contributed by atoms with Crippen molar-refractivity contribution in [3.05, 3.63) is 11.6 Å². The van der Waals surface area contributed by atoms with Crippen LogP contribution >= 0.6 is 0 Å². The number of rotatable bonds is 0. The minimum Gasteiger partial charge on any atom is -0.462 e. The summed E-state index contributed by atoms with van der Waals surface area (Å²) >= 11 is 0. The number of hydrogen-bond acceptors (Lipinski definition) is 3. The molecule has 14 heavy (non-hydrogen) atoms. The van der Waals surface area contributed by atoms with Gasteiger partial charge in [0.1, 0.15) is 5.78 Å². The summed E-state index contributed by atoms with van der Waals surface area (Å²) < 4.78 is 4.94. The average Bonchev–Trinajstić information content (AvgIpc) is 2.41. The normalized spacial score (nSPS) is 36.5. The number of hydrogen-bond donors (Lipinski definition) is 0. The Bertz CT molecular complexity index is 304. The number of ether oxygens (including phenoxy) is 1. The maximum atomic E-state index is 11.5. The monoisotopic (exact) mass is 194 g/mol. The van der Waals surface area contributed by atoms with Crippen molar-refractivity contribution in [1.82, 2.24) is 0 Å². The Labute approximate surface area is 83.1 Å². The number of Topliss-reactive ketones (excluding diaryl/α,β-unsaturated/α-hetero) is 1. The van der Waals surface area contributed by atoms with Crippen molar-refractivity contribution in [3.63, 3.8) is 0 Å². The van der Waals surface area contributed by atoms with Crippen molar-refractivity contribution in [3.8, 4) is 0 Å². The van der Waals surface area contributed by atoms with Gasteiger partial charge in [-0.1, -0.05) is 13.0 Å². The van der Waals surface area contributed by atoms with E-state index in [9.17, 15) is 9.59 Å². The van der Waals surface area contributed by atoms with Crippen LogP contribution in [0.1, 0.15) is 26.2 Å². The third-order valence-corrected chi connectivity index (χ3v) is 2.88. The average molecular weight is 194 g/mol. The molecule has 0 aromatic carbocycles. The highest BCUT2D eigenvalue weighted by Crippen LogP contribution is 2.29. The van der Waals surface area contributed by atoms with E-state index in [2.05, 4.69) is 0 Å². The first-order chi connectivity index (χ1) is 6.66. The van der Waals surface area contributed by atoms with Gasteiger partial charge in [-0.2, -0.15) is 0 Å². The van der Waals surface area contributed by atoms with Gasteiger partial charge in [-0.05, 0) is 12.3 Å². The Morgan fingerprint density at radius 2 is 2.14 bits per heavy atom. The number of cyclic esters (lactones) is 1. The first-order valence-electron chi connectivity index (χ1n) is 5.05. The highest BCUT2D eigenvalue weighted by atomic mass is 16.5. The van der Waals surface area contributed by atoms with Crippen LogP contribution in [0.2, 0.25) is 0 Å². The van der Waals surface area contributed by atoms with E-state index in [0.717, 1.165) is 12.0 Å². The van der Waals surface area contributed by atoms with Crippen LogP contribution < -0.4 is 0 Å². The van der Waals surface area contributed by atoms with Crippen molar-refractivity contribution in [2.75, 3.05) is 6.61 Å². The largest absolute Gasteiger partial charge is 0.462 e. The highest BCUT2D eigenvalue weighted by molar-refractivity contribution is 5.93. The Kier molecular flexibility index (Phi) is 2.40. The van der Waals surface area contributed by atoms with Crippen LogP contribution in [0.5, 0.6) is 0 Å². The molecule has 1 heterocycles. The maximum absolute atomic E-state index is 11.5. The Hall–Kier alpha value is -1.12. The summed E-state index contributed by atoms with van der Waals surface area (Å²) in [6.45, 7) is 2.43. The van der Waals surface area contributed by atoms with Crippen molar-refractivity contribution in [2.24, 2.45) is 11.8 Å². The number of esters is 1. The number of carbonyl (C=O) groups excluding carboxylic acids is 2. The van der Waals surface area contributed by atoms with Gasteiger partial charge in [0, 0.05) is 24.3 Å². The first kappa shape index (κ1) is 9.44. The molecule has 0 aromatic heterocycles. The lowest BCUT2D eigenvalue weighted by atomic mass is 9.87. The molecular formula is C11H14O3. The second-order valence-corrected chi connectivity index (χ2v) is 4.24. The second kappa shape index (κ2) is 3.56. The van der Waals surface area contributed by atoms with E-state index in [1.807, 2.05) is 13.0 Å². The molecule has 0 bridgehead atoms. The van der Waals surface area contributed by atoms with Crippen molar-refractivity contribution in [1.29, 1.82) is 0 Å². The fraction of sp³-hybridized carbons (Fsp3) is 0.636. The zero-order chi connectivity index (χ0) is 10.1. The minimum absolute atomic E-state index is 0.0301. The second-order valence-electron chi connectivity index (χ2n) is 4.24. The van der Waals surface area contributed by atoms with Crippen LogP contribution in [-0.4, -0.2) is 18.4 Å². The van der Waals surface area contributed by atoms with Gasteiger partial charge >= 0.3 is 5.97 Å². The molecule has 1 aliphatic heterocycles. The van der Waals surface area contributed by atoms with Crippen LogP contribution in [0.15, 0.2) is 11.6 Å². The maximum Gasteiger partial charge on any atom is 0.334 e. The van der Waals surface area contributed by atoms with E-state index < -0.39 is 0 Å². The third-order valence-electron chi connectivity index (χ3n) is 2.88. The van der Waals surface area contributed by atoms with Crippen LogP contribution in [0.4, 0.5) is 0 Å². The fourth-order valence-electron chi connectivity index (χ4n) is 2.09. The van der Waals surface area contributed by atoms with Gasteiger partial charge in [-0.25, -0.2) is 4.79 Å². The molecular weight excluding hydrogens is 180 g/mol. The molecule has 0 spiro atoms. The van der Waals surface area contributed by atoms with Crippen LogP contribution in [-0.2, 0) is 14.3 Å². The predicted molar refractivity (Wildman–Crippen MR) is 50.6 cm³/mol. The molecule has 2 rings (SSSR count). The summed E-state index contributed by atoms with van der Waals surface area (Å²) in [5.41, 5.74) is 0.727. The Balaban J connectivity index is 2.22. The molecule has 3 heteroatoms. The molecule has 3 nitrogen and oxygen atoms in total. The van der Waals surface area contributed by atoms with Gasteiger partial charge in [0.2, 0.25) is 0 Å². The number of allylic oxidation sites excluding steroid dienone is 1. The molecule has 0 saturated carbocycles. The molecule has 0 radical (unpaired) electrons. The molecule has 1 aliphatic carbocycles. The van der Waals surface area contributed by atoms with E-state index in [4.69, 9.17) is 4.74 Å². The molecule has 0 aromatic rings. The number of carbonyl (C=O) groups is 2. The molecule has 0 amide bonds. The van der Waals surface area contributed by atoms with Crippen LogP contribution in [0.25, 0.3) is 0 Å². The van der Waals surface area contributed by atoms with E-state index in [0.29, 0.717) is 25.4 Å². The molecule has 1 fully saturated rings. The van der Waals surface area contributed by atoms with E-state index in [1.54, 1.807) is 0 Å². The third kappa shape index (κ3) is 1.72. The molecule has 76 valence electrons. The van der Waals surface area contributed by atoms with Crippen LogP contribution in [0.3, 0.4) is 0 Å². The van der Waals surface area contributed by atoms with Gasteiger partial charge in [0.05, 0.1) is 6.61 Å². The number of ketones is 1. The van der Waals surface area contributed by atoms with Gasteiger partial charge in [-0.3, -0.25) is 4.79 Å². The van der Waals surface area contributed by atoms with Gasteiger partial charge < -0.3 is 4.74 Å². The summed E-state index contributed by atoms with van der Waals surface area (Å²) in [5, 5.41) is 0. The Morgan fingerprint density at radius 3 is 2.93 bits per heavy atom. The lowest BCUT2D eigenvalue weighted by Crippen LogP contribution is -2.16. The smallest absolute Gasteiger partial charge is 0.334 e. The van der Waals surface area contributed by atoms with Gasteiger partial charge in [-0.15, -0.1) is 0 Å². The lowest BCUT2D eigenvalue weighted by molar-refractivity contribution is -0.135. The number of fused-ring (bicyclic) bond motifs is 1. The standard InChI is InChI=1S/C11H14O3/c1-7-2-3-10-8(5-9(12)4-7)6-14-11(10)13/h3,7-8H,2,4-6H2,1H3/b10-3+/t7-,8-/m0/s1. The van der Waals surface area contributed by atoms with Gasteiger partial charge in [0.25, 0.3) is 0 Å². The molecule has 2 atom stereocenters. The molecule has 1 saturated heterocycles.